The lowest BCUT2D eigenvalue weighted by atomic mass is 11.3. The average molecular weight is 106 g/mol. The van der Waals surface area contributed by atoms with Crippen LogP contribution in [0.3, 0.4) is 0 Å². The summed E-state index contributed by atoms with van der Waals surface area (Å²) in [5.74, 6) is 0. The van der Waals surface area contributed by atoms with E-state index in [0.717, 1.165) is 0 Å². The van der Waals surface area contributed by atoms with E-state index in [1.165, 1.54) is 0 Å². The molecule has 0 fully saturated rings. The molecule has 34 valence electrons. The van der Waals surface area contributed by atoms with Gasteiger partial charge in [-0.3, -0.25) is 0 Å². The molecule has 0 unspecified atom stereocenters. The van der Waals surface area contributed by atoms with Crippen LogP contribution in [0, 0.1) is 5.53 Å². The summed E-state index contributed by atoms with van der Waals surface area (Å²) in [5, 5.41) is 2.32. The predicted octanol–water partition coefficient (Wildman–Crippen LogP) is 0.999. The molecule has 0 radical (unpaired) electrons. The summed E-state index contributed by atoms with van der Waals surface area (Å²) in [6, 6.07) is 0. The zero-order valence-corrected chi connectivity index (χ0v) is 3.61. The van der Waals surface area contributed by atoms with Crippen molar-refractivity contribution in [3.63, 3.8) is 0 Å². The first-order valence-corrected chi connectivity index (χ1v) is 1.40. The zero-order valence-electron chi connectivity index (χ0n) is 2.71. The molecule has 0 aliphatic heterocycles. The Labute approximate surface area is 39.6 Å². The lowest BCUT2D eigenvalue weighted by Crippen LogP contribution is -1.82. The van der Waals surface area contributed by atoms with E-state index in [1.54, 1.807) is 0 Å². The van der Waals surface area contributed by atoms with Crippen molar-refractivity contribution in [3.8, 4) is 0 Å². The van der Waals surface area contributed by atoms with Gasteiger partial charge in [0.1, 0.15) is 0 Å². The second-order valence-electron chi connectivity index (χ2n) is 0.469. The Hall–Kier alpha value is -0.580. The Morgan fingerprint density at radius 2 is 2.50 bits per heavy atom. The Bertz CT molecular complexity index is 71.9. The molecule has 0 heterocycles. The molecule has 0 aromatic rings. The maximum absolute atomic E-state index is 9.53. The second kappa shape index (κ2) is 2.65. The molecule has 6 heavy (non-hydrogen) atoms. The highest BCUT2D eigenvalue weighted by Gasteiger charge is 1.88. The minimum atomic E-state index is -1.00. The van der Waals surface area contributed by atoms with Gasteiger partial charge in [0.05, 0.1) is 0 Å². The number of hydrogen-bond acceptors (Lipinski definition) is 4. The van der Waals surface area contributed by atoms with Gasteiger partial charge in [-0.1, -0.05) is 5.11 Å². The van der Waals surface area contributed by atoms with Crippen molar-refractivity contribution < 1.29 is 8.98 Å². The van der Waals surface area contributed by atoms with Gasteiger partial charge in [-0.25, -0.2) is 4.79 Å². The molecular weight excluding hydrogens is 104 g/mol. The van der Waals surface area contributed by atoms with E-state index in [2.05, 4.69) is 22.2 Å². The standard InChI is InChI=1S/CH2N2O2S/c2-3-1(4)5-6/h2,6H. The van der Waals surface area contributed by atoms with Gasteiger partial charge in [0.2, 0.25) is 0 Å². The first kappa shape index (κ1) is 5.42. The summed E-state index contributed by atoms with van der Waals surface area (Å²) in [5.41, 5.74) is 5.91. The highest BCUT2D eigenvalue weighted by atomic mass is 32.1. The quantitative estimate of drug-likeness (QED) is 0.275. The fourth-order valence-electron chi connectivity index (χ4n) is 0.0204. The van der Waals surface area contributed by atoms with E-state index in [0.29, 0.717) is 0 Å². The molecule has 0 spiro atoms. The van der Waals surface area contributed by atoms with Crippen LogP contribution < -0.4 is 0 Å². The zero-order chi connectivity index (χ0) is 4.99. The summed E-state index contributed by atoms with van der Waals surface area (Å²) in [6.07, 6.45) is -1.00. The third-order valence-electron chi connectivity index (χ3n) is 0.169. The van der Waals surface area contributed by atoms with E-state index in [1.807, 2.05) is 0 Å². The maximum atomic E-state index is 9.53. The predicted molar refractivity (Wildman–Crippen MR) is 20.6 cm³/mol. The van der Waals surface area contributed by atoms with Crippen LogP contribution in [0.25, 0.3) is 0 Å². The minimum Gasteiger partial charge on any atom is -0.376 e. The first-order chi connectivity index (χ1) is 2.81. The highest BCUT2D eigenvalue weighted by Crippen LogP contribution is 1.82. The number of hydrogen-bond donors (Lipinski definition) is 2. The molecule has 0 bridgehead atoms. The SMILES string of the molecule is N=NC(=O)OS. The van der Waals surface area contributed by atoms with Crippen LogP contribution in [0.2, 0.25) is 0 Å². The Morgan fingerprint density at radius 1 is 2.00 bits per heavy atom. The van der Waals surface area contributed by atoms with Crippen LogP contribution in [0.1, 0.15) is 0 Å². The largest absolute Gasteiger partial charge is 0.463 e. The van der Waals surface area contributed by atoms with E-state index < -0.39 is 6.09 Å². The van der Waals surface area contributed by atoms with Gasteiger partial charge in [0.25, 0.3) is 0 Å². The van der Waals surface area contributed by atoms with Crippen molar-refractivity contribution in [2.75, 3.05) is 0 Å². The van der Waals surface area contributed by atoms with E-state index in [9.17, 15) is 4.79 Å². The molecule has 0 aromatic heterocycles. The van der Waals surface area contributed by atoms with Crippen LogP contribution in [0.15, 0.2) is 5.11 Å². The first-order valence-electron chi connectivity index (χ1n) is 1.04. The molecule has 0 saturated carbocycles. The molecule has 0 aliphatic rings. The summed E-state index contributed by atoms with van der Waals surface area (Å²) in [4.78, 5) is 9.53. The molecule has 0 rings (SSSR count). The van der Waals surface area contributed by atoms with Gasteiger partial charge in [-0.05, 0) is 0 Å². The van der Waals surface area contributed by atoms with Gasteiger partial charge in [0.15, 0.2) is 0 Å². The monoisotopic (exact) mass is 106 g/mol. The summed E-state index contributed by atoms with van der Waals surface area (Å²) < 4.78 is 3.60. The molecule has 0 atom stereocenters. The third-order valence-corrected chi connectivity index (χ3v) is 0.326. The fourth-order valence-corrected chi connectivity index (χ4v) is 0.0612. The van der Waals surface area contributed by atoms with Crippen molar-refractivity contribution in [2.45, 2.75) is 0 Å². The Balaban J connectivity index is 3.23. The number of carbonyl (C=O) groups is 1. The lowest BCUT2D eigenvalue weighted by Gasteiger charge is -1.77. The molecule has 4 nitrogen and oxygen atoms in total. The third kappa shape index (κ3) is 1.71. The van der Waals surface area contributed by atoms with Crippen molar-refractivity contribution in [3.05, 3.63) is 0 Å². The molecule has 1 N–H and O–H groups in total. The number of rotatable bonds is 0. The Kier molecular flexibility index (Phi) is 2.39. The summed E-state index contributed by atoms with van der Waals surface area (Å²) in [6.45, 7) is 0. The summed E-state index contributed by atoms with van der Waals surface area (Å²) in [7, 11) is 0. The number of nitrogens with one attached hydrogen (secondary N) is 1. The topological polar surface area (TPSA) is 62.5 Å². The normalized spacial score (nSPS) is 6.83. The highest BCUT2D eigenvalue weighted by molar-refractivity contribution is 7.75. The van der Waals surface area contributed by atoms with Crippen LogP contribution in [0.5, 0.6) is 0 Å². The number of nitrogens with zero attached hydrogens (tertiary/aromatic N) is 1. The van der Waals surface area contributed by atoms with Crippen molar-refractivity contribution in [1.29, 1.82) is 5.53 Å². The second-order valence-corrected chi connectivity index (χ2v) is 0.652. The van der Waals surface area contributed by atoms with Crippen LogP contribution >= 0.6 is 12.9 Å². The minimum absolute atomic E-state index is 1.00. The van der Waals surface area contributed by atoms with Gasteiger partial charge in [-0.15, -0.1) is 0 Å². The molecule has 0 saturated heterocycles. The average Bonchev–Trinajstić information content (AvgIpc) is 1.65. The van der Waals surface area contributed by atoms with Crippen molar-refractivity contribution >= 4 is 19.0 Å². The van der Waals surface area contributed by atoms with Crippen LogP contribution in [0.4, 0.5) is 4.79 Å². The molecule has 1 amide bonds. The molecule has 0 aromatic carbocycles. The van der Waals surface area contributed by atoms with Crippen LogP contribution in [-0.4, -0.2) is 6.09 Å². The summed E-state index contributed by atoms with van der Waals surface area (Å²) >= 11 is 3.03. The molecule has 5 heteroatoms. The van der Waals surface area contributed by atoms with E-state index in [-0.39, 0.29) is 0 Å². The number of carbonyl (C=O) groups excluding carboxylic acids is 1. The van der Waals surface area contributed by atoms with Gasteiger partial charge < -0.3 is 4.18 Å². The lowest BCUT2D eigenvalue weighted by molar-refractivity contribution is 0.217. The van der Waals surface area contributed by atoms with Crippen molar-refractivity contribution in [2.24, 2.45) is 5.11 Å². The Morgan fingerprint density at radius 3 is 2.50 bits per heavy atom. The molecule has 0 aliphatic carbocycles. The van der Waals surface area contributed by atoms with Crippen molar-refractivity contribution in [1.82, 2.24) is 0 Å². The smallest absolute Gasteiger partial charge is 0.376 e. The maximum Gasteiger partial charge on any atom is 0.463 e. The fraction of sp³-hybridized carbons (Fsp3) is 0. The number of amides is 1. The van der Waals surface area contributed by atoms with Crippen LogP contribution in [-0.2, 0) is 4.18 Å². The number of thiol groups is 1. The van der Waals surface area contributed by atoms with Gasteiger partial charge >= 0.3 is 6.09 Å². The van der Waals surface area contributed by atoms with E-state index >= 15 is 0 Å². The van der Waals surface area contributed by atoms with Gasteiger partial charge in [-0.2, -0.15) is 5.53 Å². The molecular formula is CH2N2O2S. The van der Waals surface area contributed by atoms with E-state index in [4.69, 9.17) is 5.53 Å². The van der Waals surface area contributed by atoms with Gasteiger partial charge in [0, 0.05) is 12.9 Å².